The van der Waals surface area contributed by atoms with Crippen molar-refractivity contribution in [1.29, 1.82) is 0 Å². The van der Waals surface area contributed by atoms with Crippen molar-refractivity contribution in [1.82, 2.24) is 0 Å². The molecule has 1 aromatic rings. The molecule has 3 nitrogen and oxygen atoms in total. The van der Waals surface area contributed by atoms with Gasteiger partial charge in [0.25, 0.3) is 9.84 Å². The minimum atomic E-state index is -5.40. The Labute approximate surface area is 110 Å². The maximum Gasteiger partial charge on any atom is 0.501 e. The number of alkyl halides is 3. The number of hydrogen-bond acceptors (Lipinski definition) is 3. The van der Waals surface area contributed by atoms with Crippen LogP contribution in [-0.4, -0.2) is 25.1 Å². The summed E-state index contributed by atoms with van der Waals surface area (Å²) in [5.74, 6) is -0.696. The van der Waals surface area contributed by atoms with Gasteiger partial charge < -0.3 is 5.11 Å². The number of sulfone groups is 1. The third kappa shape index (κ3) is 3.09. The van der Waals surface area contributed by atoms with Crippen LogP contribution in [0.2, 0.25) is 0 Å². The van der Waals surface area contributed by atoms with Crippen LogP contribution in [-0.2, 0) is 9.84 Å². The summed E-state index contributed by atoms with van der Waals surface area (Å²) in [6, 6.07) is 4.88. The fraction of sp³-hybridized carbons (Fsp3) is 0.500. The highest BCUT2D eigenvalue weighted by molar-refractivity contribution is 7.92. The lowest BCUT2D eigenvalue weighted by Crippen LogP contribution is -2.26. The first kappa shape index (κ1) is 16.0. The SMILES string of the molecule is CCC(O)C(C)c1ccccc1S(=O)(=O)C(F)(F)F. The van der Waals surface area contributed by atoms with Gasteiger partial charge in [-0.25, -0.2) is 8.42 Å². The molecule has 0 saturated carbocycles. The molecule has 7 heteroatoms. The van der Waals surface area contributed by atoms with Crippen molar-refractivity contribution in [2.45, 2.75) is 42.7 Å². The molecule has 0 saturated heterocycles. The molecule has 0 heterocycles. The molecule has 2 atom stereocenters. The van der Waals surface area contributed by atoms with E-state index in [4.69, 9.17) is 0 Å². The second kappa shape index (κ2) is 5.50. The van der Waals surface area contributed by atoms with Crippen LogP contribution in [0.5, 0.6) is 0 Å². The minimum Gasteiger partial charge on any atom is -0.393 e. The van der Waals surface area contributed by atoms with Crippen LogP contribution in [0.3, 0.4) is 0 Å². The number of aliphatic hydroxyl groups is 1. The van der Waals surface area contributed by atoms with Crippen molar-refractivity contribution < 1.29 is 26.7 Å². The molecule has 0 aliphatic heterocycles. The molecule has 1 aromatic carbocycles. The van der Waals surface area contributed by atoms with Crippen molar-refractivity contribution in [3.63, 3.8) is 0 Å². The molecule has 0 fully saturated rings. The van der Waals surface area contributed by atoms with Gasteiger partial charge in [-0.05, 0) is 18.1 Å². The van der Waals surface area contributed by atoms with E-state index >= 15 is 0 Å². The van der Waals surface area contributed by atoms with E-state index in [0.717, 1.165) is 6.07 Å². The predicted octanol–water partition coefficient (Wildman–Crippen LogP) is 2.85. The van der Waals surface area contributed by atoms with Gasteiger partial charge in [-0.2, -0.15) is 13.2 Å². The Bertz CT molecular complexity index is 537. The first-order valence-corrected chi connectivity index (χ1v) is 7.19. The molecule has 0 bridgehead atoms. The quantitative estimate of drug-likeness (QED) is 0.929. The molecule has 1 rings (SSSR count). The van der Waals surface area contributed by atoms with E-state index in [2.05, 4.69) is 0 Å². The number of halogens is 3. The second-order valence-electron chi connectivity index (χ2n) is 4.25. The number of hydrogen-bond donors (Lipinski definition) is 1. The van der Waals surface area contributed by atoms with E-state index in [1.165, 1.54) is 25.1 Å². The van der Waals surface area contributed by atoms with E-state index in [1.54, 1.807) is 6.92 Å². The van der Waals surface area contributed by atoms with Crippen molar-refractivity contribution in [2.24, 2.45) is 0 Å². The largest absolute Gasteiger partial charge is 0.501 e. The van der Waals surface area contributed by atoms with Gasteiger partial charge >= 0.3 is 5.51 Å². The Morgan fingerprint density at radius 1 is 1.26 bits per heavy atom. The fourth-order valence-electron chi connectivity index (χ4n) is 1.79. The number of benzene rings is 1. The Morgan fingerprint density at radius 3 is 2.26 bits per heavy atom. The Balaban J connectivity index is 3.40. The standard InChI is InChI=1S/C12H15F3O3S/c1-3-10(16)8(2)9-6-4-5-7-11(9)19(17,18)12(13,14)15/h4-8,10,16H,3H2,1-2H3. The second-order valence-corrected chi connectivity index (χ2v) is 6.16. The molecule has 0 spiro atoms. The normalized spacial score (nSPS) is 16.1. The Kier molecular flexibility index (Phi) is 4.63. The molecule has 0 aromatic heterocycles. The number of rotatable bonds is 4. The molecule has 0 radical (unpaired) electrons. The van der Waals surface area contributed by atoms with Crippen LogP contribution in [0.1, 0.15) is 31.7 Å². The Hall–Kier alpha value is -1.08. The molecule has 0 aliphatic carbocycles. The fourth-order valence-corrected chi connectivity index (χ4v) is 2.86. The maximum absolute atomic E-state index is 12.6. The highest BCUT2D eigenvalue weighted by atomic mass is 32.2. The zero-order valence-electron chi connectivity index (χ0n) is 10.5. The lowest BCUT2D eigenvalue weighted by molar-refractivity contribution is -0.0436. The van der Waals surface area contributed by atoms with Crippen molar-refractivity contribution in [3.05, 3.63) is 29.8 Å². The summed E-state index contributed by atoms with van der Waals surface area (Å²) in [6.07, 6.45) is -0.578. The lowest BCUT2D eigenvalue weighted by atomic mass is 9.94. The van der Waals surface area contributed by atoms with Crippen LogP contribution in [0, 0.1) is 0 Å². The van der Waals surface area contributed by atoms with Crippen LogP contribution >= 0.6 is 0 Å². The van der Waals surface area contributed by atoms with E-state index < -0.39 is 32.3 Å². The van der Waals surface area contributed by atoms with Gasteiger partial charge in [0.2, 0.25) is 0 Å². The minimum absolute atomic E-state index is 0.0193. The summed E-state index contributed by atoms with van der Waals surface area (Å²) in [7, 11) is -5.40. The van der Waals surface area contributed by atoms with Gasteiger partial charge in [0.1, 0.15) is 0 Å². The lowest BCUT2D eigenvalue weighted by Gasteiger charge is -2.21. The van der Waals surface area contributed by atoms with Gasteiger partial charge in [0.15, 0.2) is 0 Å². The molecular formula is C12H15F3O3S. The average Bonchev–Trinajstić information content (AvgIpc) is 2.35. The third-order valence-electron chi connectivity index (χ3n) is 3.00. The van der Waals surface area contributed by atoms with Gasteiger partial charge in [0.05, 0.1) is 11.0 Å². The van der Waals surface area contributed by atoms with E-state index in [1.807, 2.05) is 0 Å². The molecule has 1 N–H and O–H groups in total. The summed E-state index contributed by atoms with van der Waals surface area (Å²) < 4.78 is 60.8. The smallest absolute Gasteiger partial charge is 0.393 e. The molecule has 19 heavy (non-hydrogen) atoms. The van der Waals surface area contributed by atoms with Gasteiger partial charge in [-0.3, -0.25) is 0 Å². The van der Waals surface area contributed by atoms with Crippen LogP contribution in [0.25, 0.3) is 0 Å². The van der Waals surface area contributed by atoms with E-state index in [9.17, 15) is 26.7 Å². The number of aliphatic hydroxyl groups excluding tert-OH is 1. The van der Waals surface area contributed by atoms with E-state index in [0.29, 0.717) is 6.42 Å². The third-order valence-corrected chi connectivity index (χ3v) is 4.56. The first-order valence-electron chi connectivity index (χ1n) is 5.71. The average molecular weight is 296 g/mol. The molecule has 2 unspecified atom stereocenters. The summed E-state index contributed by atoms with van der Waals surface area (Å²) in [5.41, 5.74) is -5.37. The highest BCUT2D eigenvalue weighted by Crippen LogP contribution is 2.35. The van der Waals surface area contributed by atoms with Crippen molar-refractivity contribution in [2.75, 3.05) is 0 Å². The highest BCUT2D eigenvalue weighted by Gasteiger charge is 2.48. The monoisotopic (exact) mass is 296 g/mol. The van der Waals surface area contributed by atoms with E-state index in [-0.39, 0.29) is 5.56 Å². The zero-order chi connectivity index (χ0) is 14.8. The van der Waals surface area contributed by atoms with Crippen molar-refractivity contribution in [3.8, 4) is 0 Å². The molecule has 0 aliphatic rings. The summed E-state index contributed by atoms with van der Waals surface area (Å²) in [4.78, 5) is -0.789. The molecule has 108 valence electrons. The Morgan fingerprint density at radius 2 is 1.79 bits per heavy atom. The van der Waals surface area contributed by atoms with Crippen LogP contribution in [0.15, 0.2) is 29.2 Å². The molecular weight excluding hydrogens is 281 g/mol. The topological polar surface area (TPSA) is 54.4 Å². The summed E-state index contributed by atoms with van der Waals surface area (Å²) >= 11 is 0. The predicted molar refractivity (Wildman–Crippen MR) is 64.4 cm³/mol. The first-order chi connectivity index (χ1) is 8.63. The van der Waals surface area contributed by atoms with Crippen LogP contribution in [0.4, 0.5) is 13.2 Å². The van der Waals surface area contributed by atoms with Gasteiger partial charge in [-0.15, -0.1) is 0 Å². The van der Waals surface area contributed by atoms with Crippen LogP contribution < -0.4 is 0 Å². The molecule has 0 amide bonds. The summed E-state index contributed by atoms with van der Waals surface area (Å²) in [5, 5.41) is 9.70. The maximum atomic E-state index is 12.6. The van der Waals surface area contributed by atoms with Gasteiger partial charge in [-0.1, -0.05) is 32.0 Å². The van der Waals surface area contributed by atoms with Gasteiger partial charge in [0, 0.05) is 5.92 Å². The summed E-state index contributed by atoms with van der Waals surface area (Å²) in [6.45, 7) is 3.17. The van der Waals surface area contributed by atoms with Crippen molar-refractivity contribution >= 4 is 9.84 Å². The zero-order valence-corrected chi connectivity index (χ0v) is 11.3.